The molecule has 0 aliphatic rings. The molecule has 1 aromatic carbocycles. The van der Waals surface area contributed by atoms with E-state index in [2.05, 4.69) is 10.6 Å². The lowest BCUT2D eigenvalue weighted by Gasteiger charge is -2.16. The third-order valence-electron chi connectivity index (χ3n) is 3.27. The van der Waals surface area contributed by atoms with Gasteiger partial charge in [0, 0.05) is 25.0 Å². The van der Waals surface area contributed by atoms with E-state index < -0.39 is 24.0 Å². The number of carbonyl (C=O) groups excluding carboxylic acids is 4. The smallest absolute Gasteiger partial charge is 0.340 e. The van der Waals surface area contributed by atoms with Crippen LogP contribution in [0.2, 0.25) is 0 Å². The number of carbonyl (C=O) groups is 4. The number of rotatable bonds is 7. The molecule has 8 nitrogen and oxygen atoms in total. The third kappa shape index (κ3) is 7.69. The first kappa shape index (κ1) is 22.5. The van der Waals surface area contributed by atoms with E-state index in [0.29, 0.717) is 4.90 Å². The van der Waals surface area contributed by atoms with Crippen LogP contribution in [0.25, 0.3) is 0 Å². The van der Waals surface area contributed by atoms with E-state index in [9.17, 15) is 19.2 Å². The minimum Gasteiger partial charge on any atom is -0.449 e. The maximum Gasteiger partial charge on any atom is 0.340 e. The van der Waals surface area contributed by atoms with Crippen LogP contribution in [0.3, 0.4) is 0 Å². The summed E-state index contributed by atoms with van der Waals surface area (Å²) in [6.45, 7) is 4.88. The third-order valence-corrected chi connectivity index (χ3v) is 4.32. The van der Waals surface area contributed by atoms with E-state index in [4.69, 9.17) is 4.74 Å². The minimum atomic E-state index is -1.16. The molecule has 0 heterocycles. The van der Waals surface area contributed by atoms with Crippen LogP contribution in [-0.2, 0) is 14.3 Å². The summed E-state index contributed by atoms with van der Waals surface area (Å²) in [5, 5.41) is 4.62. The van der Waals surface area contributed by atoms with E-state index in [1.807, 2.05) is 0 Å². The van der Waals surface area contributed by atoms with Crippen molar-refractivity contribution in [2.24, 2.45) is 0 Å². The molecule has 148 valence electrons. The molecule has 0 spiro atoms. The van der Waals surface area contributed by atoms with Crippen molar-refractivity contribution in [3.05, 3.63) is 29.8 Å². The molecule has 0 aliphatic carbocycles. The molecule has 0 saturated heterocycles. The van der Waals surface area contributed by atoms with Gasteiger partial charge in [-0.15, -0.1) is 11.8 Å². The fourth-order valence-corrected chi connectivity index (χ4v) is 2.84. The van der Waals surface area contributed by atoms with Gasteiger partial charge in [-0.25, -0.2) is 9.59 Å². The fourth-order valence-electron chi connectivity index (χ4n) is 1.82. The molecule has 9 heteroatoms. The van der Waals surface area contributed by atoms with Crippen molar-refractivity contribution < 1.29 is 23.9 Å². The van der Waals surface area contributed by atoms with Gasteiger partial charge < -0.3 is 15.0 Å². The van der Waals surface area contributed by atoms with Crippen LogP contribution < -0.4 is 10.6 Å². The Bertz CT molecular complexity index is 706. The predicted octanol–water partition coefficient (Wildman–Crippen LogP) is 1.65. The highest BCUT2D eigenvalue weighted by atomic mass is 32.2. The van der Waals surface area contributed by atoms with E-state index in [0.717, 1.165) is 0 Å². The van der Waals surface area contributed by atoms with Gasteiger partial charge in [-0.3, -0.25) is 14.9 Å². The van der Waals surface area contributed by atoms with Crippen LogP contribution in [0, 0.1) is 0 Å². The lowest BCUT2D eigenvalue weighted by molar-refractivity contribution is -0.128. The summed E-state index contributed by atoms with van der Waals surface area (Å²) in [6.07, 6.45) is -1.16. The van der Waals surface area contributed by atoms with Crippen molar-refractivity contribution >= 4 is 35.6 Å². The van der Waals surface area contributed by atoms with Gasteiger partial charge in [-0.05, 0) is 32.9 Å². The van der Waals surface area contributed by atoms with Crippen LogP contribution in [0.1, 0.15) is 31.1 Å². The van der Waals surface area contributed by atoms with Gasteiger partial charge in [0.15, 0.2) is 6.10 Å². The number of ether oxygens (including phenoxy) is 1. The predicted molar refractivity (Wildman–Crippen MR) is 103 cm³/mol. The van der Waals surface area contributed by atoms with E-state index in [1.54, 1.807) is 52.2 Å². The lowest BCUT2D eigenvalue weighted by Crippen LogP contribution is -2.46. The topological polar surface area (TPSA) is 105 Å². The molecule has 2 N–H and O–H groups in total. The summed E-state index contributed by atoms with van der Waals surface area (Å²) in [5.41, 5.74) is 0.250. The summed E-state index contributed by atoms with van der Waals surface area (Å²) in [6, 6.07) is 5.87. The highest BCUT2D eigenvalue weighted by molar-refractivity contribution is 8.00. The van der Waals surface area contributed by atoms with Gasteiger partial charge in [0.1, 0.15) is 0 Å². The second-order valence-electron chi connectivity index (χ2n) is 6.24. The standard InChI is InChI=1S/C18H25N3O5S/c1-11(2)19-18(25)20-16(23)12(3)26-17(24)13-8-6-7-9-14(13)27-10-15(22)21(4)5/h6-9,11-12H,10H2,1-5H3,(H2,19,20,23,25). The van der Waals surface area contributed by atoms with E-state index >= 15 is 0 Å². The molecule has 0 bridgehead atoms. The molecule has 1 unspecified atom stereocenters. The zero-order chi connectivity index (χ0) is 20.6. The van der Waals surface area contributed by atoms with Crippen LogP contribution in [0.4, 0.5) is 4.79 Å². The highest BCUT2D eigenvalue weighted by Gasteiger charge is 2.22. The van der Waals surface area contributed by atoms with Gasteiger partial charge in [-0.2, -0.15) is 0 Å². The number of imide groups is 1. The normalized spacial score (nSPS) is 11.5. The number of nitrogens with zero attached hydrogens (tertiary/aromatic N) is 1. The Morgan fingerprint density at radius 2 is 1.74 bits per heavy atom. The monoisotopic (exact) mass is 395 g/mol. The Morgan fingerprint density at radius 3 is 2.33 bits per heavy atom. The minimum absolute atomic E-state index is 0.0907. The first-order valence-corrected chi connectivity index (χ1v) is 9.34. The molecule has 0 fully saturated rings. The van der Waals surface area contributed by atoms with E-state index in [-0.39, 0.29) is 23.3 Å². The summed E-state index contributed by atoms with van der Waals surface area (Å²) >= 11 is 1.21. The van der Waals surface area contributed by atoms with Gasteiger partial charge in [0.25, 0.3) is 5.91 Å². The van der Waals surface area contributed by atoms with Crippen molar-refractivity contribution in [3.63, 3.8) is 0 Å². The number of esters is 1. The Labute approximate surface area is 163 Å². The van der Waals surface area contributed by atoms with Crippen LogP contribution >= 0.6 is 11.8 Å². The van der Waals surface area contributed by atoms with Crippen LogP contribution in [-0.4, -0.2) is 60.7 Å². The first-order chi connectivity index (χ1) is 12.6. The molecule has 27 heavy (non-hydrogen) atoms. The molecule has 0 aliphatic heterocycles. The molecule has 4 amide bonds. The molecule has 1 aromatic rings. The van der Waals surface area contributed by atoms with Crippen molar-refractivity contribution in [1.82, 2.24) is 15.5 Å². The molecule has 1 rings (SSSR count). The Kier molecular flexibility index (Phi) is 8.80. The zero-order valence-corrected chi connectivity index (χ0v) is 16.9. The number of benzene rings is 1. The zero-order valence-electron chi connectivity index (χ0n) is 16.1. The van der Waals surface area contributed by atoms with Crippen molar-refractivity contribution in [2.45, 2.75) is 37.8 Å². The number of thioether (sulfide) groups is 1. The number of urea groups is 1. The average molecular weight is 395 g/mol. The summed E-state index contributed by atoms with van der Waals surface area (Å²) in [7, 11) is 3.30. The number of hydrogen-bond acceptors (Lipinski definition) is 6. The van der Waals surface area contributed by atoms with Crippen molar-refractivity contribution in [2.75, 3.05) is 19.8 Å². The molecule has 0 saturated carbocycles. The van der Waals surface area contributed by atoms with Gasteiger partial charge in [-0.1, -0.05) is 12.1 Å². The molecule has 1 atom stereocenters. The summed E-state index contributed by atoms with van der Waals surface area (Å²) in [4.78, 5) is 49.7. The van der Waals surface area contributed by atoms with Gasteiger partial charge in [0.05, 0.1) is 11.3 Å². The maximum absolute atomic E-state index is 12.4. The summed E-state index contributed by atoms with van der Waals surface area (Å²) in [5.74, 6) is -1.35. The maximum atomic E-state index is 12.4. The lowest BCUT2D eigenvalue weighted by atomic mass is 10.2. The Balaban J connectivity index is 2.72. The second kappa shape index (κ2) is 10.6. The van der Waals surface area contributed by atoms with Crippen molar-refractivity contribution in [3.8, 4) is 0 Å². The molecule has 0 aromatic heterocycles. The summed E-state index contributed by atoms with van der Waals surface area (Å²) < 4.78 is 5.16. The van der Waals surface area contributed by atoms with Crippen molar-refractivity contribution in [1.29, 1.82) is 0 Å². The SMILES string of the molecule is CC(C)NC(=O)NC(=O)C(C)OC(=O)c1ccccc1SCC(=O)N(C)C. The molecular weight excluding hydrogens is 370 g/mol. The molecular formula is C18H25N3O5S. The van der Waals surface area contributed by atoms with E-state index in [1.165, 1.54) is 23.6 Å². The average Bonchev–Trinajstić information content (AvgIpc) is 2.58. The fraction of sp³-hybridized carbons (Fsp3) is 0.444. The number of amides is 4. The Hall–Kier alpha value is -2.55. The van der Waals surface area contributed by atoms with Crippen LogP contribution in [0.15, 0.2) is 29.2 Å². The quantitative estimate of drug-likeness (QED) is 0.537. The Morgan fingerprint density at radius 1 is 1.11 bits per heavy atom. The number of nitrogens with one attached hydrogen (secondary N) is 2. The van der Waals surface area contributed by atoms with Gasteiger partial charge >= 0.3 is 12.0 Å². The second-order valence-corrected chi connectivity index (χ2v) is 7.26. The first-order valence-electron chi connectivity index (χ1n) is 8.36. The number of hydrogen-bond donors (Lipinski definition) is 2. The van der Waals surface area contributed by atoms with Crippen LogP contribution in [0.5, 0.6) is 0 Å². The van der Waals surface area contributed by atoms with Gasteiger partial charge in [0.2, 0.25) is 5.91 Å². The highest BCUT2D eigenvalue weighted by Crippen LogP contribution is 2.24. The largest absolute Gasteiger partial charge is 0.449 e. The molecule has 0 radical (unpaired) electrons.